The summed E-state index contributed by atoms with van der Waals surface area (Å²) in [5.41, 5.74) is 0. The van der Waals surface area contributed by atoms with Gasteiger partial charge in [0.15, 0.2) is 12.1 Å². The summed E-state index contributed by atoms with van der Waals surface area (Å²) >= 11 is 0. The van der Waals surface area contributed by atoms with Gasteiger partial charge in [-0.3, -0.25) is 4.79 Å². The molecule has 2 aliphatic heterocycles. The molecule has 35 heavy (non-hydrogen) atoms. The van der Waals surface area contributed by atoms with E-state index in [1.54, 1.807) is 0 Å². The molecule has 2 aromatic carbocycles. The lowest BCUT2D eigenvalue weighted by atomic mass is 9.95. The third-order valence-electron chi connectivity index (χ3n) is 6.89. The summed E-state index contributed by atoms with van der Waals surface area (Å²) in [6.07, 6.45) is -1.03. The molecule has 190 valence electrons. The monoisotopic (exact) mass is 498 g/mol. The number of benzene rings is 2. The molecule has 2 aliphatic rings. The predicted octanol–water partition coefficient (Wildman–Crippen LogP) is 4.01. The van der Waals surface area contributed by atoms with E-state index in [4.69, 9.17) is 23.4 Å². The van der Waals surface area contributed by atoms with Gasteiger partial charge in [-0.25, -0.2) is 0 Å². The van der Waals surface area contributed by atoms with Crippen LogP contribution in [0.2, 0.25) is 5.04 Å². The number of ether oxygens (including phenoxy) is 4. The van der Waals surface area contributed by atoms with Gasteiger partial charge in [-0.1, -0.05) is 81.4 Å². The Hall–Kier alpha value is -2.03. The largest absolute Gasteiger partial charge is 0.466 e. The van der Waals surface area contributed by atoms with Crippen molar-refractivity contribution < 1.29 is 28.2 Å². The molecule has 0 unspecified atom stereocenters. The second kappa shape index (κ2) is 10.1. The second-order valence-electron chi connectivity index (χ2n) is 10.8. The molecule has 0 amide bonds. The van der Waals surface area contributed by atoms with Gasteiger partial charge in [0.1, 0.15) is 6.10 Å². The van der Waals surface area contributed by atoms with E-state index in [0.717, 1.165) is 0 Å². The topological polar surface area (TPSA) is 63.2 Å². The van der Waals surface area contributed by atoms with Gasteiger partial charge in [0, 0.05) is 5.92 Å². The second-order valence-corrected chi connectivity index (χ2v) is 15.1. The Morgan fingerprint density at radius 2 is 1.54 bits per heavy atom. The standard InChI is InChI=1S/C28H38O6Si/c1-7-30-24(29)18-22-23(32-26-25(22)33-28(5,6)34-26)19-31-35(27(2,3)4,20-14-10-8-11-15-20)21-16-12-9-13-17-21/h8-17,22-23,25-26H,7,18-19H2,1-6H3/t22-,23-,25-,26-/m0/s1. The summed E-state index contributed by atoms with van der Waals surface area (Å²) in [5, 5.41) is 2.25. The highest BCUT2D eigenvalue weighted by molar-refractivity contribution is 6.99. The molecule has 2 fully saturated rings. The maximum atomic E-state index is 12.5. The quantitative estimate of drug-likeness (QED) is 0.405. The van der Waals surface area contributed by atoms with Crippen molar-refractivity contribution in [3.8, 4) is 0 Å². The zero-order chi connectivity index (χ0) is 25.3. The Kier molecular flexibility index (Phi) is 7.55. The van der Waals surface area contributed by atoms with Crippen LogP contribution in [-0.2, 0) is 28.2 Å². The van der Waals surface area contributed by atoms with Crippen molar-refractivity contribution in [1.82, 2.24) is 0 Å². The van der Waals surface area contributed by atoms with Crippen molar-refractivity contribution in [3.05, 3.63) is 60.7 Å². The molecular formula is C28H38O6Si. The maximum Gasteiger partial charge on any atom is 0.306 e. The van der Waals surface area contributed by atoms with Crippen molar-refractivity contribution in [3.63, 3.8) is 0 Å². The van der Waals surface area contributed by atoms with E-state index in [2.05, 4.69) is 69.3 Å². The number of esters is 1. The maximum absolute atomic E-state index is 12.5. The molecule has 0 aromatic heterocycles. The first-order valence-electron chi connectivity index (χ1n) is 12.5. The first-order chi connectivity index (χ1) is 16.6. The van der Waals surface area contributed by atoms with Gasteiger partial charge in [0.25, 0.3) is 8.32 Å². The van der Waals surface area contributed by atoms with Crippen molar-refractivity contribution in [1.29, 1.82) is 0 Å². The van der Waals surface area contributed by atoms with E-state index in [0.29, 0.717) is 13.2 Å². The molecule has 0 radical (unpaired) electrons. The van der Waals surface area contributed by atoms with E-state index < -0.39 is 20.4 Å². The highest BCUT2D eigenvalue weighted by Gasteiger charge is 2.57. The Labute approximate surface area is 210 Å². The SMILES string of the molecule is CCOC(=O)C[C@@H]1[C@@H]2OC(C)(C)O[C@@H]2O[C@H]1CO[Si](c1ccccc1)(c1ccccc1)C(C)(C)C. The Morgan fingerprint density at radius 3 is 2.06 bits per heavy atom. The third kappa shape index (κ3) is 5.25. The molecule has 4 rings (SSSR count). The highest BCUT2D eigenvalue weighted by atomic mass is 28.4. The smallest absolute Gasteiger partial charge is 0.306 e. The lowest BCUT2D eigenvalue weighted by molar-refractivity contribution is -0.213. The number of fused-ring (bicyclic) bond motifs is 1. The lowest BCUT2D eigenvalue weighted by Crippen LogP contribution is -2.67. The molecule has 0 saturated carbocycles. The van der Waals surface area contributed by atoms with E-state index in [-0.39, 0.29) is 35.6 Å². The van der Waals surface area contributed by atoms with E-state index in [9.17, 15) is 4.79 Å². The predicted molar refractivity (Wildman–Crippen MR) is 137 cm³/mol. The van der Waals surface area contributed by atoms with E-state index in [1.165, 1.54) is 10.4 Å². The van der Waals surface area contributed by atoms with Gasteiger partial charge < -0.3 is 23.4 Å². The van der Waals surface area contributed by atoms with Gasteiger partial charge in [-0.2, -0.15) is 0 Å². The zero-order valence-corrected chi connectivity index (χ0v) is 22.7. The van der Waals surface area contributed by atoms with Gasteiger partial charge in [0.2, 0.25) is 0 Å². The molecule has 4 atom stereocenters. The van der Waals surface area contributed by atoms with Crippen LogP contribution in [0, 0.1) is 5.92 Å². The minimum absolute atomic E-state index is 0.157. The summed E-state index contributed by atoms with van der Waals surface area (Å²) in [6, 6.07) is 21.0. The number of hydrogen-bond acceptors (Lipinski definition) is 6. The molecule has 0 bridgehead atoms. The molecule has 7 heteroatoms. The molecule has 0 spiro atoms. The fourth-order valence-corrected chi connectivity index (χ4v) is 10.00. The molecule has 0 N–H and O–H groups in total. The molecule has 6 nitrogen and oxygen atoms in total. The van der Waals surface area contributed by atoms with Gasteiger partial charge in [-0.05, 0) is 36.2 Å². The Balaban J connectivity index is 1.67. The zero-order valence-electron chi connectivity index (χ0n) is 21.7. The molecular weight excluding hydrogens is 460 g/mol. The fourth-order valence-electron chi connectivity index (χ4n) is 5.43. The van der Waals surface area contributed by atoms with E-state index in [1.807, 2.05) is 32.9 Å². The van der Waals surface area contributed by atoms with Crippen molar-refractivity contribution in [2.45, 2.75) is 77.3 Å². The summed E-state index contributed by atoms with van der Waals surface area (Å²) in [7, 11) is -2.74. The van der Waals surface area contributed by atoms with Crippen LogP contribution in [-0.4, -0.2) is 51.8 Å². The third-order valence-corrected chi connectivity index (χ3v) is 11.9. The van der Waals surface area contributed by atoms with Crippen LogP contribution < -0.4 is 10.4 Å². The average molecular weight is 499 g/mol. The van der Waals surface area contributed by atoms with Gasteiger partial charge in [0.05, 0.1) is 25.7 Å². The minimum atomic E-state index is -2.74. The number of hydrogen-bond donors (Lipinski definition) is 0. The fraction of sp³-hybridized carbons (Fsp3) is 0.536. The van der Waals surface area contributed by atoms with Crippen LogP contribution in [0.3, 0.4) is 0 Å². The van der Waals surface area contributed by atoms with Crippen LogP contribution in [0.4, 0.5) is 0 Å². The Morgan fingerprint density at radius 1 is 0.971 bits per heavy atom. The molecule has 2 aromatic rings. The average Bonchev–Trinajstić information content (AvgIpc) is 3.27. The van der Waals surface area contributed by atoms with Crippen molar-refractivity contribution >= 4 is 24.7 Å². The Bertz CT molecular complexity index is 948. The normalized spacial score (nSPS) is 25.9. The van der Waals surface area contributed by atoms with Crippen LogP contribution in [0.5, 0.6) is 0 Å². The highest BCUT2D eigenvalue weighted by Crippen LogP contribution is 2.43. The van der Waals surface area contributed by atoms with Gasteiger partial charge in [-0.15, -0.1) is 0 Å². The van der Waals surface area contributed by atoms with Crippen molar-refractivity contribution in [2.24, 2.45) is 5.92 Å². The minimum Gasteiger partial charge on any atom is -0.466 e. The van der Waals surface area contributed by atoms with Gasteiger partial charge >= 0.3 is 5.97 Å². The van der Waals surface area contributed by atoms with Crippen LogP contribution in [0.1, 0.15) is 48.0 Å². The number of rotatable bonds is 8. The summed E-state index contributed by atoms with van der Waals surface area (Å²) < 4.78 is 30.9. The summed E-state index contributed by atoms with van der Waals surface area (Å²) in [6.45, 7) is 12.9. The molecule has 0 aliphatic carbocycles. The molecule has 2 heterocycles. The summed E-state index contributed by atoms with van der Waals surface area (Å²) in [4.78, 5) is 12.5. The van der Waals surface area contributed by atoms with Crippen LogP contribution in [0.15, 0.2) is 60.7 Å². The molecule has 2 saturated heterocycles. The number of carbonyl (C=O) groups is 1. The first-order valence-corrected chi connectivity index (χ1v) is 14.4. The van der Waals surface area contributed by atoms with E-state index >= 15 is 0 Å². The van der Waals surface area contributed by atoms with Crippen LogP contribution in [0.25, 0.3) is 0 Å². The summed E-state index contributed by atoms with van der Waals surface area (Å²) in [5.74, 6) is -1.24. The first kappa shape index (κ1) is 26.0. The number of carbonyl (C=O) groups excluding carboxylic acids is 1. The lowest BCUT2D eigenvalue weighted by Gasteiger charge is -2.43. The van der Waals surface area contributed by atoms with Crippen LogP contribution >= 0.6 is 0 Å². The van der Waals surface area contributed by atoms with Crippen molar-refractivity contribution in [2.75, 3.05) is 13.2 Å².